The lowest BCUT2D eigenvalue weighted by molar-refractivity contribution is -0.402. The molecule has 1 unspecified atom stereocenters. The second-order valence-electron chi connectivity index (χ2n) is 5.27. The fourth-order valence-electron chi connectivity index (χ4n) is 2.59. The van der Waals surface area contributed by atoms with Crippen molar-refractivity contribution in [2.75, 3.05) is 26.2 Å². The van der Waals surface area contributed by atoms with Crippen molar-refractivity contribution >= 4 is 18.2 Å². The summed E-state index contributed by atoms with van der Waals surface area (Å²) in [7, 11) is 0. The highest BCUT2D eigenvalue weighted by molar-refractivity contribution is 5.78. The smallest absolute Gasteiger partial charge is 0.433 e. The number of nitrogens with zero attached hydrogens (tertiary/aromatic N) is 4. The van der Waals surface area contributed by atoms with Crippen LogP contribution in [0.3, 0.4) is 0 Å². The second kappa shape index (κ2) is 6.14. The van der Waals surface area contributed by atoms with Gasteiger partial charge in [-0.2, -0.15) is 10.1 Å². The minimum Gasteiger partial charge on any atom is -0.441 e. The summed E-state index contributed by atoms with van der Waals surface area (Å²) < 4.78 is 10.2. The third kappa shape index (κ3) is 3.25. The van der Waals surface area contributed by atoms with Gasteiger partial charge in [0.25, 0.3) is 0 Å². The molecule has 1 atom stereocenters. The summed E-state index contributed by atoms with van der Waals surface area (Å²) in [4.78, 5) is 23.9. The molecule has 9 heteroatoms. The molecule has 2 fully saturated rings. The molecule has 1 amide bonds. The van der Waals surface area contributed by atoms with Crippen molar-refractivity contribution < 1.29 is 18.9 Å². The summed E-state index contributed by atoms with van der Waals surface area (Å²) in [6, 6.07) is 2.66. The van der Waals surface area contributed by atoms with Crippen LogP contribution in [0.25, 0.3) is 0 Å². The van der Waals surface area contributed by atoms with E-state index in [1.54, 1.807) is 0 Å². The Morgan fingerprint density at radius 1 is 1.41 bits per heavy atom. The first-order valence-electron chi connectivity index (χ1n) is 7.10. The summed E-state index contributed by atoms with van der Waals surface area (Å²) in [5.41, 5.74) is 0. The van der Waals surface area contributed by atoms with E-state index >= 15 is 0 Å². The topological polar surface area (TPSA) is 101 Å². The molecular formula is C13H16N4O5. The van der Waals surface area contributed by atoms with E-state index in [-0.39, 0.29) is 17.7 Å². The molecule has 3 rings (SSSR count). The Hall–Kier alpha value is -2.42. The highest BCUT2D eigenvalue weighted by Crippen LogP contribution is 2.17. The summed E-state index contributed by atoms with van der Waals surface area (Å²) in [5.74, 6) is -0.153. The molecular weight excluding hydrogens is 292 g/mol. The molecule has 2 aliphatic rings. The molecule has 1 aromatic heterocycles. The van der Waals surface area contributed by atoms with Crippen molar-refractivity contribution in [1.82, 2.24) is 9.91 Å². The number of furan rings is 1. The van der Waals surface area contributed by atoms with E-state index in [2.05, 4.69) is 10.0 Å². The standard InChI is InChI=1S/C13H16N4O5/c18-13-16(9-11(22-13)8-15-5-1-2-6-15)14-7-10-3-4-12(21-10)17(19)20/h3-4,7,11H,1-2,5-6,8-9H2/b14-7+. The van der Waals surface area contributed by atoms with E-state index in [1.165, 1.54) is 36.2 Å². The van der Waals surface area contributed by atoms with Gasteiger partial charge in [-0.1, -0.05) is 0 Å². The molecule has 0 bridgehead atoms. The molecule has 2 saturated heterocycles. The monoisotopic (exact) mass is 308 g/mol. The minimum absolute atomic E-state index is 0.200. The molecule has 22 heavy (non-hydrogen) atoms. The van der Waals surface area contributed by atoms with Crippen molar-refractivity contribution in [3.63, 3.8) is 0 Å². The van der Waals surface area contributed by atoms with Gasteiger partial charge in [0.05, 0.1) is 18.8 Å². The van der Waals surface area contributed by atoms with Crippen LogP contribution in [0.1, 0.15) is 18.6 Å². The summed E-state index contributed by atoms with van der Waals surface area (Å²) in [6.45, 7) is 3.15. The van der Waals surface area contributed by atoms with Crippen LogP contribution in [0.15, 0.2) is 21.7 Å². The number of likely N-dealkylation sites (tertiary alicyclic amines) is 1. The number of carbonyl (C=O) groups excluding carboxylic acids is 1. The molecule has 0 aromatic carbocycles. The maximum atomic E-state index is 11.7. The molecule has 0 aliphatic carbocycles. The number of nitro groups is 1. The summed E-state index contributed by atoms with van der Waals surface area (Å²) in [6.07, 6.45) is 2.92. The fraction of sp³-hybridized carbons (Fsp3) is 0.538. The van der Waals surface area contributed by atoms with Gasteiger partial charge in [-0.05, 0) is 32.0 Å². The zero-order valence-corrected chi connectivity index (χ0v) is 11.9. The SMILES string of the molecule is O=C1OC(CN2CCCC2)CN1/N=C/c1ccc([N+](=O)[O-])o1. The van der Waals surface area contributed by atoms with Crippen molar-refractivity contribution in [2.24, 2.45) is 5.10 Å². The van der Waals surface area contributed by atoms with Crippen LogP contribution < -0.4 is 0 Å². The summed E-state index contributed by atoms with van der Waals surface area (Å²) >= 11 is 0. The Morgan fingerprint density at radius 2 is 2.18 bits per heavy atom. The predicted molar refractivity (Wildman–Crippen MR) is 75.6 cm³/mol. The highest BCUT2D eigenvalue weighted by Gasteiger charge is 2.32. The number of cyclic esters (lactones) is 1. The average molecular weight is 308 g/mol. The Labute approximate surface area is 126 Å². The fourth-order valence-corrected chi connectivity index (χ4v) is 2.59. The van der Waals surface area contributed by atoms with Crippen LogP contribution in [0.2, 0.25) is 0 Å². The lowest BCUT2D eigenvalue weighted by Gasteiger charge is -2.17. The normalized spacial score (nSPS) is 22.6. The van der Waals surface area contributed by atoms with Gasteiger partial charge in [0.15, 0.2) is 5.76 Å². The van der Waals surface area contributed by atoms with Gasteiger partial charge in [-0.3, -0.25) is 15.0 Å². The van der Waals surface area contributed by atoms with Gasteiger partial charge in [0, 0.05) is 6.54 Å². The Bertz CT molecular complexity index is 593. The molecule has 3 heterocycles. The number of rotatable bonds is 5. The van der Waals surface area contributed by atoms with Crippen molar-refractivity contribution in [2.45, 2.75) is 18.9 Å². The van der Waals surface area contributed by atoms with Crippen molar-refractivity contribution in [3.8, 4) is 0 Å². The van der Waals surface area contributed by atoms with Gasteiger partial charge in [0.2, 0.25) is 0 Å². The van der Waals surface area contributed by atoms with Crippen LogP contribution in [-0.2, 0) is 4.74 Å². The first kappa shape index (κ1) is 14.5. The van der Waals surface area contributed by atoms with Gasteiger partial charge in [-0.15, -0.1) is 0 Å². The van der Waals surface area contributed by atoms with E-state index < -0.39 is 11.0 Å². The zero-order valence-electron chi connectivity index (χ0n) is 11.9. The second-order valence-corrected chi connectivity index (χ2v) is 5.27. The van der Waals surface area contributed by atoms with E-state index in [0.29, 0.717) is 13.1 Å². The highest BCUT2D eigenvalue weighted by atomic mass is 16.6. The number of ether oxygens (including phenoxy) is 1. The van der Waals surface area contributed by atoms with Crippen LogP contribution in [0.4, 0.5) is 10.7 Å². The Kier molecular flexibility index (Phi) is 4.05. The van der Waals surface area contributed by atoms with E-state index in [9.17, 15) is 14.9 Å². The van der Waals surface area contributed by atoms with Crippen LogP contribution in [-0.4, -0.2) is 59.4 Å². The van der Waals surface area contributed by atoms with E-state index in [1.807, 2.05) is 0 Å². The zero-order chi connectivity index (χ0) is 15.5. The molecule has 118 valence electrons. The summed E-state index contributed by atoms with van der Waals surface area (Å²) in [5, 5.41) is 15.7. The third-order valence-electron chi connectivity index (χ3n) is 3.63. The molecule has 0 spiro atoms. The first-order chi connectivity index (χ1) is 10.6. The van der Waals surface area contributed by atoms with Crippen molar-refractivity contribution in [3.05, 3.63) is 28.0 Å². The van der Waals surface area contributed by atoms with Gasteiger partial charge in [-0.25, -0.2) is 4.79 Å². The molecule has 0 radical (unpaired) electrons. The molecule has 0 saturated carbocycles. The van der Waals surface area contributed by atoms with Gasteiger partial charge < -0.3 is 9.15 Å². The molecule has 0 N–H and O–H groups in total. The van der Waals surface area contributed by atoms with Gasteiger partial charge in [0.1, 0.15) is 11.0 Å². The lowest BCUT2D eigenvalue weighted by Crippen LogP contribution is -2.32. The maximum Gasteiger partial charge on any atom is 0.433 e. The Morgan fingerprint density at radius 3 is 2.86 bits per heavy atom. The quantitative estimate of drug-likeness (QED) is 0.463. The van der Waals surface area contributed by atoms with Crippen LogP contribution in [0, 0.1) is 10.1 Å². The average Bonchev–Trinajstić information content (AvgIpc) is 3.18. The first-order valence-corrected chi connectivity index (χ1v) is 7.10. The largest absolute Gasteiger partial charge is 0.441 e. The molecule has 1 aromatic rings. The van der Waals surface area contributed by atoms with E-state index in [4.69, 9.17) is 9.15 Å². The van der Waals surface area contributed by atoms with Gasteiger partial charge >= 0.3 is 12.0 Å². The number of hydrogen-bond acceptors (Lipinski definition) is 7. The number of carbonyl (C=O) groups is 1. The number of hydrogen-bond donors (Lipinski definition) is 0. The predicted octanol–water partition coefficient (Wildman–Crippen LogP) is 1.44. The maximum absolute atomic E-state index is 11.7. The lowest BCUT2D eigenvalue weighted by atomic mass is 10.3. The van der Waals surface area contributed by atoms with Crippen LogP contribution >= 0.6 is 0 Å². The molecule has 2 aliphatic heterocycles. The number of amides is 1. The Balaban J connectivity index is 1.56. The molecule has 9 nitrogen and oxygen atoms in total. The minimum atomic E-state index is -0.631. The van der Waals surface area contributed by atoms with E-state index in [0.717, 1.165) is 13.1 Å². The number of hydrazone groups is 1. The van der Waals surface area contributed by atoms with Crippen molar-refractivity contribution in [1.29, 1.82) is 0 Å². The van der Waals surface area contributed by atoms with Crippen LogP contribution in [0.5, 0.6) is 0 Å². The third-order valence-corrected chi connectivity index (χ3v) is 3.63.